The molecule has 1 heterocycles. The van der Waals surface area contributed by atoms with Gasteiger partial charge in [-0.25, -0.2) is 4.79 Å². The average Bonchev–Trinajstić information content (AvgIpc) is 2.47. The Kier molecular flexibility index (Phi) is 3.46. The molecular weight excluding hydrogens is 290 g/mol. The van der Waals surface area contributed by atoms with E-state index >= 15 is 0 Å². The minimum atomic E-state index is -1.13. The summed E-state index contributed by atoms with van der Waals surface area (Å²) in [4.78, 5) is 15.5. The van der Waals surface area contributed by atoms with Crippen molar-refractivity contribution in [1.29, 1.82) is 0 Å². The van der Waals surface area contributed by atoms with Gasteiger partial charge in [0.05, 0.1) is 10.5 Å². The Balaban J connectivity index is 2.02. The van der Waals surface area contributed by atoms with Gasteiger partial charge in [-0.3, -0.25) is 4.98 Å². The number of ether oxygens (including phenoxy) is 1. The summed E-state index contributed by atoms with van der Waals surface area (Å²) in [5.74, 6) is -0.425. The number of pyridine rings is 1. The lowest BCUT2D eigenvalue weighted by molar-refractivity contribution is 0.0694. The summed E-state index contributed by atoms with van der Waals surface area (Å²) in [5, 5.41) is 10.3. The maximum Gasteiger partial charge on any atom is 0.341 e. The van der Waals surface area contributed by atoms with Crippen molar-refractivity contribution in [2.45, 2.75) is 0 Å². The van der Waals surface area contributed by atoms with Crippen LogP contribution < -0.4 is 4.74 Å². The van der Waals surface area contributed by atoms with E-state index in [-0.39, 0.29) is 16.3 Å². The van der Waals surface area contributed by atoms with Crippen LogP contribution in [0.15, 0.2) is 54.7 Å². The summed E-state index contributed by atoms with van der Waals surface area (Å²) in [7, 11) is 0. The summed E-state index contributed by atoms with van der Waals surface area (Å²) < 4.78 is 5.65. The maximum atomic E-state index is 11.3. The topological polar surface area (TPSA) is 59.4 Å². The van der Waals surface area contributed by atoms with Crippen LogP contribution in [0.5, 0.6) is 11.5 Å². The molecule has 104 valence electrons. The number of rotatable bonds is 3. The molecule has 0 aliphatic heterocycles. The van der Waals surface area contributed by atoms with Gasteiger partial charge in [-0.2, -0.15) is 0 Å². The van der Waals surface area contributed by atoms with Crippen molar-refractivity contribution >= 4 is 28.5 Å². The molecule has 0 radical (unpaired) electrons. The molecule has 0 unspecified atom stereocenters. The smallest absolute Gasteiger partial charge is 0.341 e. The van der Waals surface area contributed by atoms with Gasteiger partial charge in [0.1, 0.15) is 17.1 Å². The van der Waals surface area contributed by atoms with E-state index in [0.29, 0.717) is 5.75 Å². The molecule has 1 aromatic heterocycles. The van der Waals surface area contributed by atoms with Crippen LogP contribution in [0.25, 0.3) is 10.9 Å². The molecule has 1 N–H and O–H groups in total. The van der Waals surface area contributed by atoms with Gasteiger partial charge in [0.2, 0.25) is 0 Å². The van der Waals surface area contributed by atoms with E-state index in [1.807, 2.05) is 18.2 Å². The zero-order valence-corrected chi connectivity index (χ0v) is 11.5. The molecule has 5 heteroatoms. The molecule has 0 aliphatic carbocycles. The summed E-state index contributed by atoms with van der Waals surface area (Å²) in [6.07, 6.45) is 1.69. The first kappa shape index (κ1) is 13.4. The second-order valence-corrected chi connectivity index (χ2v) is 4.79. The first-order valence-electron chi connectivity index (χ1n) is 6.19. The van der Waals surface area contributed by atoms with Gasteiger partial charge in [0, 0.05) is 17.6 Å². The van der Waals surface area contributed by atoms with Gasteiger partial charge >= 0.3 is 5.97 Å². The minimum absolute atomic E-state index is 0.0553. The van der Waals surface area contributed by atoms with Crippen LogP contribution in [-0.4, -0.2) is 16.1 Å². The summed E-state index contributed by atoms with van der Waals surface area (Å²) >= 11 is 5.91. The van der Waals surface area contributed by atoms with Crippen LogP contribution in [0, 0.1) is 0 Å². The second kappa shape index (κ2) is 5.42. The fourth-order valence-corrected chi connectivity index (χ4v) is 2.28. The Morgan fingerprint density at radius 2 is 2.00 bits per heavy atom. The molecule has 2 aromatic carbocycles. The Hall–Kier alpha value is -2.59. The Bertz CT molecular complexity index is 833. The third-order valence-corrected chi connectivity index (χ3v) is 3.31. The summed E-state index contributed by atoms with van der Waals surface area (Å²) in [6.45, 7) is 0. The zero-order chi connectivity index (χ0) is 14.8. The van der Waals surface area contributed by atoms with Crippen molar-refractivity contribution in [2.24, 2.45) is 0 Å². The second-order valence-electron chi connectivity index (χ2n) is 4.38. The lowest BCUT2D eigenvalue weighted by Crippen LogP contribution is -2.01. The number of carbonyl (C=O) groups is 1. The van der Waals surface area contributed by atoms with Crippen LogP contribution >= 0.6 is 11.6 Å². The van der Waals surface area contributed by atoms with E-state index in [0.717, 1.165) is 10.9 Å². The molecule has 0 bridgehead atoms. The van der Waals surface area contributed by atoms with Crippen molar-refractivity contribution in [3.8, 4) is 11.5 Å². The number of fused-ring (bicyclic) bond motifs is 1. The van der Waals surface area contributed by atoms with E-state index in [1.54, 1.807) is 30.5 Å². The quantitative estimate of drug-likeness (QED) is 0.779. The summed E-state index contributed by atoms with van der Waals surface area (Å²) in [5.41, 5.74) is 0.717. The zero-order valence-electron chi connectivity index (χ0n) is 10.8. The predicted octanol–water partition coefficient (Wildman–Crippen LogP) is 4.38. The van der Waals surface area contributed by atoms with Crippen LogP contribution in [0.4, 0.5) is 0 Å². The molecule has 4 nitrogen and oxygen atoms in total. The van der Waals surface area contributed by atoms with Gasteiger partial charge < -0.3 is 9.84 Å². The van der Waals surface area contributed by atoms with Gasteiger partial charge in [-0.05, 0) is 30.3 Å². The molecule has 0 saturated carbocycles. The predicted molar refractivity (Wildman–Crippen MR) is 80.2 cm³/mol. The van der Waals surface area contributed by atoms with Crippen LogP contribution in [-0.2, 0) is 0 Å². The molecule has 3 rings (SSSR count). The lowest BCUT2D eigenvalue weighted by Gasteiger charge is -2.10. The largest absolute Gasteiger partial charge is 0.478 e. The molecule has 3 aromatic rings. The molecule has 0 saturated heterocycles. The van der Waals surface area contributed by atoms with Crippen molar-refractivity contribution in [3.63, 3.8) is 0 Å². The van der Waals surface area contributed by atoms with E-state index in [4.69, 9.17) is 16.3 Å². The third-order valence-electron chi connectivity index (χ3n) is 2.99. The Labute approximate surface area is 125 Å². The molecule has 21 heavy (non-hydrogen) atoms. The highest BCUT2D eigenvalue weighted by molar-refractivity contribution is 6.33. The van der Waals surface area contributed by atoms with E-state index in [2.05, 4.69) is 4.98 Å². The van der Waals surface area contributed by atoms with E-state index in [9.17, 15) is 9.90 Å². The molecule has 0 spiro atoms. The summed E-state index contributed by atoms with van der Waals surface area (Å²) in [6, 6.07) is 13.9. The molecule has 0 atom stereocenters. The lowest BCUT2D eigenvalue weighted by atomic mass is 10.2. The van der Waals surface area contributed by atoms with Gasteiger partial charge in [0.15, 0.2) is 0 Å². The molecule has 0 fully saturated rings. The molecule has 0 amide bonds. The number of carboxylic acid groups (broad SMARTS) is 1. The minimum Gasteiger partial charge on any atom is -0.478 e. The van der Waals surface area contributed by atoms with Crippen LogP contribution in [0.1, 0.15) is 10.4 Å². The normalized spacial score (nSPS) is 10.5. The van der Waals surface area contributed by atoms with Crippen LogP contribution in [0.3, 0.4) is 0 Å². The molecule has 0 aliphatic rings. The number of hydrogen-bond donors (Lipinski definition) is 1. The third kappa shape index (κ3) is 2.66. The Morgan fingerprint density at radius 1 is 1.14 bits per heavy atom. The van der Waals surface area contributed by atoms with Gasteiger partial charge in [-0.15, -0.1) is 0 Å². The fourth-order valence-electron chi connectivity index (χ4n) is 2.03. The van der Waals surface area contributed by atoms with Gasteiger partial charge in [0.25, 0.3) is 0 Å². The first-order valence-corrected chi connectivity index (χ1v) is 6.57. The number of benzene rings is 2. The number of carboxylic acids is 1. The highest BCUT2D eigenvalue weighted by atomic mass is 35.5. The molecular formula is C16H10ClNO3. The van der Waals surface area contributed by atoms with E-state index in [1.165, 1.54) is 6.07 Å². The maximum absolute atomic E-state index is 11.3. The monoisotopic (exact) mass is 299 g/mol. The number of nitrogens with zero attached hydrogens (tertiary/aromatic N) is 1. The number of hydrogen-bond acceptors (Lipinski definition) is 3. The highest BCUT2D eigenvalue weighted by Crippen LogP contribution is 2.31. The first-order chi connectivity index (χ1) is 10.1. The highest BCUT2D eigenvalue weighted by Gasteiger charge is 2.16. The van der Waals surface area contributed by atoms with Crippen molar-refractivity contribution in [1.82, 2.24) is 4.98 Å². The SMILES string of the molecule is O=C(O)c1c(Cl)cccc1Oc1ccc2cccnc2c1. The van der Waals surface area contributed by atoms with Crippen molar-refractivity contribution in [3.05, 3.63) is 65.3 Å². The number of aromatic carboxylic acids is 1. The van der Waals surface area contributed by atoms with Crippen molar-refractivity contribution < 1.29 is 14.6 Å². The van der Waals surface area contributed by atoms with Gasteiger partial charge in [-0.1, -0.05) is 23.7 Å². The fraction of sp³-hybridized carbons (Fsp3) is 0. The number of halogens is 1. The van der Waals surface area contributed by atoms with Crippen molar-refractivity contribution in [2.75, 3.05) is 0 Å². The average molecular weight is 300 g/mol. The Morgan fingerprint density at radius 3 is 2.81 bits per heavy atom. The standard InChI is InChI=1S/C16H10ClNO3/c17-12-4-1-5-14(15(12)16(19)20)21-11-7-6-10-3-2-8-18-13(10)9-11/h1-9H,(H,19,20). The number of aromatic nitrogens is 1. The van der Waals surface area contributed by atoms with E-state index < -0.39 is 5.97 Å². The van der Waals surface area contributed by atoms with Crippen LogP contribution in [0.2, 0.25) is 5.02 Å².